The predicted molar refractivity (Wildman–Crippen MR) is 110 cm³/mol. The Labute approximate surface area is 169 Å². The maximum Gasteiger partial charge on any atom is 0.338 e. The molecule has 3 aromatic carbocycles. The van der Waals surface area contributed by atoms with Crippen LogP contribution in [0.25, 0.3) is 21.5 Å². The Morgan fingerprint density at radius 1 is 0.931 bits per heavy atom. The Kier molecular flexibility index (Phi) is 6.34. The smallest absolute Gasteiger partial charge is 0.338 e. The van der Waals surface area contributed by atoms with Gasteiger partial charge < -0.3 is 19.3 Å². The third-order valence-electron chi connectivity index (χ3n) is 4.56. The summed E-state index contributed by atoms with van der Waals surface area (Å²) in [5.74, 6) is -0.238. The molecule has 0 heterocycles. The molecule has 1 atom stereocenters. The fraction of sp³-hybridized carbons (Fsp3) is 0.304. The van der Waals surface area contributed by atoms with Gasteiger partial charge in [0.25, 0.3) is 0 Å². The molecule has 0 aliphatic heterocycles. The normalized spacial score (nSPS) is 12.0. The van der Waals surface area contributed by atoms with Crippen molar-refractivity contribution in [3.05, 3.63) is 48.0 Å². The van der Waals surface area contributed by atoms with Gasteiger partial charge in [-0.15, -0.1) is 0 Å². The van der Waals surface area contributed by atoms with Crippen LogP contribution in [0, 0.1) is 0 Å². The minimum absolute atomic E-state index is 0.185. The van der Waals surface area contributed by atoms with Gasteiger partial charge in [-0.1, -0.05) is 50.2 Å². The summed E-state index contributed by atoms with van der Waals surface area (Å²) in [6.07, 6.45) is -0.443. The number of hydrogen-bond acceptors (Lipinski definition) is 6. The number of carbonyl (C=O) groups is 2. The molecule has 1 N–H and O–H groups in total. The van der Waals surface area contributed by atoms with E-state index in [-0.39, 0.29) is 24.3 Å². The standard InChI is InChI=1S/C23H24O6/c1-4-18(24)28-21-14-10-7-8-11-15(14)22(29-19(25)5-2)20-16(21)12-9-13-17(20)23(26)27-6-3/h7-13,18,24H,4-6H2,1-3H3. The van der Waals surface area contributed by atoms with Crippen molar-refractivity contribution in [2.24, 2.45) is 0 Å². The molecule has 6 heteroatoms. The Morgan fingerprint density at radius 3 is 2.21 bits per heavy atom. The Morgan fingerprint density at radius 2 is 1.59 bits per heavy atom. The number of hydrogen-bond donors (Lipinski definition) is 1. The van der Waals surface area contributed by atoms with Crippen LogP contribution in [-0.2, 0) is 9.53 Å². The average molecular weight is 396 g/mol. The van der Waals surface area contributed by atoms with Crippen LogP contribution in [-0.4, -0.2) is 29.9 Å². The molecule has 0 amide bonds. The Bertz CT molecular complexity index is 1060. The number of aliphatic hydroxyl groups excluding tert-OH is 1. The number of rotatable bonds is 7. The third-order valence-corrected chi connectivity index (χ3v) is 4.56. The first-order valence-corrected chi connectivity index (χ1v) is 9.71. The van der Waals surface area contributed by atoms with Crippen LogP contribution in [0.3, 0.4) is 0 Å². The third kappa shape index (κ3) is 4.03. The van der Waals surface area contributed by atoms with E-state index >= 15 is 0 Å². The van der Waals surface area contributed by atoms with Crippen LogP contribution >= 0.6 is 0 Å². The van der Waals surface area contributed by atoms with E-state index in [1.165, 1.54) is 0 Å². The highest BCUT2D eigenvalue weighted by Gasteiger charge is 2.24. The van der Waals surface area contributed by atoms with Gasteiger partial charge in [0.15, 0.2) is 6.29 Å². The van der Waals surface area contributed by atoms with Crippen molar-refractivity contribution >= 4 is 33.5 Å². The molecule has 3 rings (SSSR count). The van der Waals surface area contributed by atoms with Crippen molar-refractivity contribution in [3.8, 4) is 11.5 Å². The second-order valence-electron chi connectivity index (χ2n) is 6.46. The highest BCUT2D eigenvalue weighted by Crippen LogP contribution is 2.44. The van der Waals surface area contributed by atoms with Gasteiger partial charge in [-0.3, -0.25) is 4.79 Å². The highest BCUT2D eigenvalue weighted by molar-refractivity contribution is 6.18. The fourth-order valence-corrected chi connectivity index (χ4v) is 3.16. The lowest BCUT2D eigenvalue weighted by Gasteiger charge is -2.20. The number of aliphatic hydroxyl groups is 1. The molecular weight excluding hydrogens is 372 g/mol. The zero-order valence-corrected chi connectivity index (χ0v) is 16.7. The number of fused-ring (bicyclic) bond motifs is 2. The second-order valence-corrected chi connectivity index (χ2v) is 6.46. The average Bonchev–Trinajstić information content (AvgIpc) is 2.75. The summed E-state index contributed by atoms with van der Waals surface area (Å²) in [5.41, 5.74) is 0.268. The summed E-state index contributed by atoms with van der Waals surface area (Å²) in [5, 5.41) is 12.4. The molecule has 0 aromatic heterocycles. The van der Waals surface area contributed by atoms with Crippen LogP contribution in [0.1, 0.15) is 44.0 Å². The second kappa shape index (κ2) is 8.92. The maximum atomic E-state index is 12.6. The molecular formula is C23H24O6. The lowest BCUT2D eigenvalue weighted by Crippen LogP contribution is -2.15. The monoisotopic (exact) mass is 396 g/mol. The molecule has 0 aliphatic rings. The Hall–Kier alpha value is -3.12. The van der Waals surface area contributed by atoms with E-state index in [4.69, 9.17) is 14.2 Å². The molecule has 0 radical (unpaired) electrons. The van der Waals surface area contributed by atoms with Gasteiger partial charge in [0.05, 0.1) is 12.2 Å². The zero-order valence-electron chi connectivity index (χ0n) is 16.7. The van der Waals surface area contributed by atoms with E-state index in [0.29, 0.717) is 33.7 Å². The minimum Gasteiger partial charge on any atom is -0.464 e. The van der Waals surface area contributed by atoms with Crippen LogP contribution in [0.5, 0.6) is 11.5 Å². The van der Waals surface area contributed by atoms with Crippen molar-refractivity contribution in [3.63, 3.8) is 0 Å². The van der Waals surface area contributed by atoms with Gasteiger partial charge in [0.1, 0.15) is 11.5 Å². The van der Waals surface area contributed by atoms with E-state index in [1.807, 2.05) is 18.2 Å². The summed E-state index contributed by atoms with van der Waals surface area (Å²) in [6.45, 7) is 5.44. The molecule has 152 valence electrons. The van der Waals surface area contributed by atoms with E-state index in [1.54, 1.807) is 45.0 Å². The van der Waals surface area contributed by atoms with Gasteiger partial charge in [-0.05, 0) is 13.0 Å². The lowest BCUT2D eigenvalue weighted by molar-refractivity contribution is -0.133. The number of benzene rings is 3. The Balaban J connectivity index is 2.44. The van der Waals surface area contributed by atoms with E-state index in [2.05, 4.69) is 0 Å². The quantitative estimate of drug-likeness (QED) is 0.272. The van der Waals surface area contributed by atoms with Crippen molar-refractivity contribution < 1.29 is 28.9 Å². The van der Waals surface area contributed by atoms with E-state index < -0.39 is 18.2 Å². The molecule has 3 aromatic rings. The van der Waals surface area contributed by atoms with Gasteiger partial charge in [-0.2, -0.15) is 0 Å². The number of carbonyl (C=O) groups excluding carboxylic acids is 2. The van der Waals surface area contributed by atoms with Crippen LogP contribution in [0.4, 0.5) is 0 Å². The molecule has 0 saturated carbocycles. The SMILES string of the molecule is CCOC(=O)c1cccc2c(OC(O)CC)c3ccccc3c(OC(=O)CC)c12. The lowest BCUT2D eigenvalue weighted by atomic mass is 9.96. The van der Waals surface area contributed by atoms with Gasteiger partial charge in [-0.25, -0.2) is 4.79 Å². The number of esters is 2. The first-order chi connectivity index (χ1) is 14.0. The molecule has 0 saturated heterocycles. The topological polar surface area (TPSA) is 82.1 Å². The molecule has 0 fully saturated rings. The van der Waals surface area contributed by atoms with Crippen LogP contribution in [0.2, 0.25) is 0 Å². The molecule has 1 unspecified atom stereocenters. The summed E-state index contributed by atoms with van der Waals surface area (Å²) >= 11 is 0. The highest BCUT2D eigenvalue weighted by atomic mass is 16.6. The molecule has 0 bridgehead atoms. The van der Waals surface area contributed by atoms with Gasteiger partial charge >= 0.3 is 11.9 Å². The van der Waals surface area contributed by atoms with Crippen LogP contribution in [0.15, 0.2) is 42.5 Å². The summed E-state index contributed by atoms with van der Waals surface area (Å²) in [7, 11) is 0. The maximum absolute atomic E-state index is 12.6. The van der Waals surface area contributed by atoms with E-state index in [9.17, 15) is 14.7 Å². The first-order valence-electron chi connectivity index (χ1n) is 9.71. The fourth-order valence-electron chi connectivity index (χ4n) is 3.16. The van der Waals surface area contributed by atoms with Crippen molar-refractivity contribution in [2.75, 3.05) is 6.61 Å². The molecule has 0 spiro atoms. The molecule has 6 nitrogen and oxygen atoms in total. The van der Waals surface area contributed by atoms with Gasteiger partial charge in [0.2, 0.25) is 0 Å². The summed E-state index contributed by atoms with van der Waals surface area (Å²) < 4.78 is 16.7. The molecule has 0 aliphatic carbocycles. The predicted octanol–water partition coefficient (Wildman–Crippen LogP) is 4.59. The van der Waals surface area contributed by atoms with Crippen LogP contribution < -0.4 is 9.47 Å². The van der Waals surface area contributed by atoms with Crippen molar-refractivity contribution in [2.45, 2.75) is 39.9 Å². The first kappa shape index (κ1) is 20.6. The van der Waals surface area contributed by atoms with E-state index in [0.717, 1.165) is 0 Å². The van der Waals surface area contributed by atoms with Gasteiger partial charge in [0, 0.05) is 34.4 Å². The minimum atomic E-state index is -1.02. The molecule has 29 heavy (non-hydrogen) atoms. The van der Waals surface area contributed by atoms with Crippen molar-refractivity contribution in [1.29, 1.82) is 0 Å². The zero-order chi connectivity index (χ0) is 21.0. The number of ether oxygens (including phenoxy) is 3. The van der Waals surface area contributed by atoms with Crippen molar-refractivity contribution in [1.82, 2.24) is 0 Å². The summed E-state index contributed by atoms with van der Waals surface area (Å²) in [4.78, 5) is 24.8. The largest absolute Gasteiger partial charge is 0.464 e. The summed E-state index contributed by atoms with van der Waals surface area (Å²) in [6, 6.07) is 12.4.